The first-order valence-corrected chi connectivity index (χ1v) is 7.11. The van der Waals surface area contributed by atoms with Gasteiger partial charge in [-0.05, 0) is 38.2 Å². The summed E-state index contributed by atoms with van der Waals surface area (Å²) in [6.07, 6.45) is 1.73. The second kappa shape index (κ2) is 5.17. The largest absolute Gasteiger partial charge is 0.294 e. The highest BCUT2D eigenvalue weighted by Crippen LogP contribution is 2.20. The van der Waals surface area contributed by atoms with Crippen LogP contribution in [0.3, 0.4) is 0 Å². The Morgan fingerprint density at radius 3 is 2.68 bits per heavy atom. The number of rotatable bonds is 3. The quantitative estimate of drug-likeness (QED) is 0.491. The average Bonchev–Trinajstić information content (AvgIpc) is 2.36. The molecule has 2 aromatic heterocycles. The van der Waals surface area contributed by atoms with Gasteiger partial charge in [-0.2, -0.15) is 0 Å². The molecule has 0 N–H and O–H groups in total. The number of carbonyl (C=O) groups is 1. The van der Waals surface area contributed by atoms with E-state index in [0.29, 0.717) is 21.8 Å². The molecule has 0 radical (unpaired) electrons. The van der Waals surface area contributed by atoms with Crippen molar-refractivity contribution in [1.29, 1.82) is 0 Å². The third-order valence-electron chi connectivity index (χ3n) is 2.90. The van der Waals surface area contributed by atoms with Crippen LogP contribution in [0.2, 0.25) is 0 Å². The lowest BCUT2D eigenvalue weighted by Crippen LogP contribution is -2.21. The van der Waals surface area contributed by atoms with Crippen molar-refractivity contribution >= 4 is 23.2 Å². The van der Waals surface area contributed by atoms with Crippen molar-refractivity contribution in [3.8, 4) is 0 Å². The molecule has 0 unspecified atom stereocenters. The molecule has 0 saturated carbocycles. The number of hydrogen-bond acceptors (Lipinski definition) is 4. The lowest BCUT2D eigenvalue weighted by Gasteiger charge is -2.10. The monoisotopic (exact) mass is 276 g/mol. The number of Topliss-reactive ketones (excluding diaryl/α,β-unsaturated/α-hetero) is 1. The van der Waals surface area contributed by atoms with Crippen molar-refractivity contribution in [3.05, 3.63) is 39.3 Å². The Morgan fingerprint density at radius 2 is 2.11 bits per heavy atom. The topological polar surface area (TPSA) is 51.4 Å². The third-order valence-corrected chi connectivity index (χ3v) is 3.86. The van der Waals surface area contributed by atoms with Gasteiger partial charge in [0, 0.05) is 11.8 Å². The van der Waals surface area contributed by atoms with Crippen LogP contribution >= 0.6 is 11.8 Å². The highest BCUT2D eigenvalue weighted by atomic mass is 32.2. The Bertz CT molecular complexity index is 719. The van der Waals surface area contributed by atoms with Crippen molar-refractivity contribution < 1.29 is 4.79 Å². The van der Waals surface area contributed by atoms with E-state index in [1.807, 2.05) is 13.8 Å². The summed E-state index contributed by atoms with van der Waals surface area (Å²) in [7, 11) is 0. The number of ketones is 1. The summed E-state index contributed by atoms with van der Waals surface area (Å²) >= 11 is 1.52. The van der Waals surface area contributed by atoms with Gasteiger partial charge in [0.05, 0.1) is 5.56 Å². The first kappa shape index (κ1) is 13.8. The molecule has 100 valence electrons. The molecule has 0 aliphatic carbocycles. The number of hydrogen-bond donors (Lipinski definition) is 0. The van der Waals surface area contributed by atoms with Crippen LogP contribution in [0.1, 0.15) is 35.3 Å². The van der Waals surface area contributed by atoms with Crippen LogP contribution in [0, 0.1) is 13.8 Å². The van der Waals surface area contributed by atoms with E-state index in [2.05, 4.69) is 4.98 Å². The smallest absolute Gasteiger partial charge is 0.261 e. The van der Waals surface area contributed by atoms with Crippen LogP contribution in [-0.2, 0) is 0 Å². The fraction of sp³-hybridized carbons (Fsp3) is 0.357. The summed E-state index contributed by atoms with van der Waals surface area (Å²) in [6.45, 7) is 7.14. The molecule has 0 fully saturated rings. The number of carbonyl (C=O) groups excluding carboxylic acids is 1. The van der Waals surface area contributed by atoms with E-state index < -0.39 is 0 Å². The average molecular weight is 276 g/mol. The molecule has 0 aromatic carbocycles. The van der Waals surface area contributed by atoms with E-state index in [1.165, 1.54) is 23.1 Å². The molecular formula is C14H16N2O2S. The van der Waals surface area contributed by atoms with E-state index >= 15 is 0 Å². The summed E-state index contributed by atoms with van der Waals surface area (Å²) in [5, 5.41) is 0.707. The first-order chi connectivity index (χ1) is 8.95. The zero-order valence-corrected chi connectivity index (χ0v) is 12.3. The van der Waals surface area contributed by atoms with Crippen molar-refractivity contribution in [2.45, 2.75) is 32.7 Å². The molecule has 0 aliphatic rings. The molecule has 5 heteroatoms. The second-order valence-electron chi connectivity index (χ2n) is 4.46. The number of aryl methyl sites for hydroxylation is 1. The SMILES string of the molecule is CCSc1nc2c(C(C)=O)cc(C)cn2c(=O)c1C. The van der Waals surface area contributed by atoms with Crippen LogP contribution < -0.4 is 5.56 Å². The van der Waals surface area contributed by atoms with Gasteiger partial charge >= 0.3 is 0 Å². The van der Waals surface area contributed by atoms with Gasteiger partial charge in [0.15, 0.2) is 11.4 Å². The summed E-state index contributed by atoms with van der Waals surface area (Å²) in [5.74, 6) is 0.759. The Kier molecular flexibility index (Phi) is 3.75. The van der Waals surface area contributed by atoms with Crippen LogP contribution in [0.25, 0.3) is 5.65 Å². The molecule has 0 spiro atoms. The third kappa shape index (κ3) is 2.42. The minimum absolute atomic E-state index is 0.0793. The van der Waals surface area contributed by atoms with E-state index in [-0.39, 0.29) is 11.3 Å². The number of pyridine rings is 1. The normalized spacial score (nSPS) is 10.9. The predicted octanol–water partition coefficient (Wildman–Crippen LogP) is 2.63. The molecule has 2 aromatic rings. The van der Waals surface area contributed by atoms with Gasteiger partial charge in [-0.3, -0.25) is 14.0 Å². The molecule has 4 nitrogen and oxygen atoms in total. The predicted molar refractivity (Wildman–Crippen MR) is 77.3 cm³/mol. The Labute approximate surface area is 115 Å². The summed E-state index contributed by atoms with van der Waals surface area (Å²) in [4.78, 5) is 28.6. The number of aromatic nitrogens is 2. The van der Waals surface area contributed by atoms with Crippen molar-refractivity contribution in [1.82, 2.24) is 9.38 Å². The molecule has 0 bridgehead atoms. The Balaban J connectivity index is 2.92. The molecular weight excluding hydrogens is 260 g/mol. The summed E-state index contributed by atoms with van der Waals surface area (Å²) in [5.41, 5.74) is 2.34. The Morgan fingerprint density at radius 1 is 1.42 bits per heavy atom. The van der Waals surface area contributed by atoms with Crippen molar-refractivity contribution in [3.63, 3.8) is 0 Å². The van der Waals surface area contributed by atoms with E-state index in [1.54, 1.807) is 19.2 Å². The minimum atomic E-state index is -0.104. The van der Waals surface area contributed by atoms with Crippen LogP contribution in [0.5, 0.6) is 0 Å². The first-order valence-electron chi connectivity index (χ1n) is 6.13. The van der Waals surface area contributed by atoms with Gasteiger partial charge in [-0.15, -0.1) is 11.8 Å². The molecule has 2 heterocycles. The second-order valence-corrected chi connectivity index (χ2v) is 5.71. The molecule has 2 rings (SSSR count). The minimum Gasteiger partial charge on any atom is -0.294 e. The van der Waals surface area contributed by atoms with Gasteiger partial charge in [0.25, 0.3) is 5.56 Å². The fourth-order valence-corrected chi connectivity index (χ4v) is 2.71. The summed E-state index contributed by atoms with van der Waals surface area (Å²) < 4.78 is 1.47. The van der Waals surface area contributed by atoms with Gasteiger partial charge in [-0.25, -0.2) is 4.98 Å². The molecule has 0 atom stereocenters. The van der Waals surface area contributed by atoms with E-state index in [4.69, 9.17) is 0 Å². The number of thioether (sulfide) groups is 1. The van der Waals surface area contributed by atoms with Crippen LogP contribution in [0.4, 0.5) is 0 Å². The number of fused-ring (bicyclic) bond motifs is 1. The molecule has 0 amide bonds. The van der Waals surface area contributed by atoms with Crippen molar-refractivity contribution in [2.75, 3.05) is 5.75 Å². The lowest BCUT2D eigenvalue weighted by molar-refractivity contribution is 0.101. The van der Waals surface area contributed by atoms with Crippen molar-refractivity contribution in [2.24, 2.45) is 0 Å². The molecule has 0 saturated heterocycles. The highest BCUT2D eigenvalue weighted by Gasteiger charge is 2.14. The maximum Gasteiger partial charge on any atom is 0.261 e. The zero-order valence-electron chi connectivity index (χ0n) is 11.5. The summed E-state index contributed by atoms with van der Waals surface area (Å²) in [6, 6.07) is 1.78. The van der Waals surface area contributed by atoms with Gasteiger partial charge < -0.3 is 0 Å². The Hall–Kier alpha value is -1.62. The highest BCUT2D eigenvalue weighted by molar-refractivity contribution is 7.99. The van der Waals surface area contributed by atoms with Crippen LogP contribution in [-0.4, -0.2) is 20.9 Å². The van der Waals surface area contributed by atoms with E-state index in [0.717, 1.165) is 11.3 Å². The van der Waals surface area contributed by atoms with Crippen LogP contribution in [0.15, 0.2) is 22.1 Å². The number of nitrogens with zero attached hydrogens (tertiary/aromatic N) is 2. The van der Waals surface area contributed by atoms with E-state index in [9.17, 15) is 9.59 Å². The molecule has 19 heavy (non-hydrogen) atoms. The maximum absolute atomic E-state index is 12.3. The zero-order chi connectivity index (χ0) is 14.2. The van der Waals surface area contributed by atoms with Gasteiger partial charge in [0.1, 0.15) is 5.03 Å². The fourth-order valence-electron chi connectivity index (χ4n) is 1.98. The maximum atomic E-state index is 12.3. The lowest BCUT2D eigenvalue weighted by atomic mass is 10.1. The standard InChI is InChI=1S/C14H16N2O2S/c1-5-19-13-9(3)14(18)16-7-8(2)6-11(10(4)17)12(16)15-13/h6-7H,5H2,1-4H3. The van der Waals surface area contributed by atoms with Gasteiger partial charge in [-0.1, -0.05) is 6.92 Å². The molecule has 0 aliphatic heterocycles. The van der Waals surface area contributed by atoms with Gasteiger partial charge in [0.2, 0.25) is 0 Å².